The SMILES string of the molecule is CNC1CCCCCC1N(C(=O)CCC(F)(F)F)c1ccccc1. The molecule has 1 aromatic rings. The quantitative estimate of drug-likeness (QED) is 0.810. The second-order valence-electron chi connectivity index (χ2n) is 6.31. The van der Waals surface area contributed by atoms with Gasteiger partial charge in [-0.15, -0.1) is 0 Å². The van der Waals surface area contributed by atoms with Crippen molar-refractivity contribution in [2.75, 3.05) is 11.9 Å². The van der Waals surface area contributed by atoms with E-state index >= 15 is 0 Å². The van der Waals surface area contributed by atoms with Gasteiger partial charge in [0.05, 0.1) is 12.5 Å². The lowest BCUT2D eigenvalue weighted by Gasteiger charge is -2.36. The monoisotopic (exact) mass is 342 g/mol. The largest absolute Gasteiger partial charge is 0.389 e. The zero-order chi connectivity index (χ0) is 17.6. The highest BCUT2D eigenvalue weighted by Gasteiger charge is 2.34. The maximum absolute atomic E-state index is 12.7. The zero-order valence-electron chi connectivity index (χ0n) is 14.0. The fraction of sp³-hybridized carbons (Fsp3) is 0.611. The lowest BCUT2D eigenvalue weighted by Crippen LogP contribution is -2.51. The van der Waals surface area contributed by atoms with Crippen LogP contribution in [0.25, 0.3) is 0 Å². The van der Waals surface area contributed by atoms with Gasteiger partial charge in [0.25, 0.3) is 0 Å². The highest BCUT2D eigenvalue weighted by Crippen LogP contribution is 2.29. The summed E-state index contributed by atoms with van der Waals surface area (Å²) in [7, 11) is 1.85. The van der Waals surface area contributed by atoms with Crippen molar-refractivity contribution < 1.29 is 18.0 Å². The summed E-state index contributed by atoms with van der Waals surface area (Å²) < 4.78 is 37.6. The van der Waals surface area contributed by atoms with Crippen LogP contribution in [0.5, 0.6) is 0 Å². The molecule has 2 rings (SSSR count). The van der Waals surface area contributed by atoms with Crippen molar-refractivity contribution in [3.63, 3.8) is 0 Å². The van der Waals surface area contributed by atoms with Gasteiger partial charge in [0, 0.05) is 18.2 Å². The minimum absolute atomic E-state index is 0.0996. The first-order valence-electron chi connectivity index (χ1n) is 8.53. The molecule has 0 aromatic heterocycles. The average molecular weight is 342 g/mol. The number of amides is 1. The smallest absolute Gasteiger partial charge is 0.315 e. The van der Waals surface area contributed by atoms with Crippen molar-refractivity contribution in [1.29, 1.82) is 0 Å². The molecule has 1 aliphatic carbocycles. The molecule has 1 N–H and O–H groups in total. The summed E-state index contributed by atoms with van der Waals surface area (Å²) in [6.45, 7) is 0. The van der Waals surface area contributed by atoms with Gasteiger partial charge in [-0.05, 0) is 32.0 Å². The summed E-state index contributed by atoms with van der Waals surface area (Å²) in [5.74, 6) is -0.453. The Morgan fingerprint density at radius 2 is 1.83 bits per heavy atom. The molecular formula is C18H25F3N2O. The molecular weight excluding hydrogens is 317 g/mol. The molecule has 6 heteroatoms. The van der Waals surface area contributed by atoms with Crippen LogP contribution in [0.15, 0.2) is 30.3 Å². The molecule has 0 heterocycles. The van der Waals surface area contributed by atoms with Crippen molar-refractivity contribution in [3.05, 3.63) is 30.3 Å². The van der Waals surface area contributed by atoms with Crippen LogP contribution in [0.2, 0.25) is 0 Å². The lowest BCUT2D eigenvalue weighted by atomic mass is 9.99. The van der Waals surface area contributed by atoms with E-state index in [-0.39, 0.29) is 12.1 Å². The van der Waals surface area contributed by atoms with E-state index in [9.17, 15) is 18.0 Å². The Morgan fingerprint density at radius 3 is 2.46 bits per heavy atom. The molecule has 2 atom stereocenters. The molecule has 24 heavy (non-hydrogen) atoms. The van der Waals surface area contributed by atoms with Gasteiger partial charge in [0.2, 0.25) is 5.91 Å². The first-order valence-corrected chi connectivity index (χ1v) is 8.53. The number of halogens is 3. The standard InChI is InChI=1S/C18H25F3N2O/c1-22-15-10-6-3-7-11-16(15)23(14-8-4-2-5-9-14)17(24)12-13-18(19,20)21/h2,4-5,8-9,15-16,22H,3,6-7,10-13H2,1H3. The number of anilines is 1. The number of carbonyl (C=O) groups is 1. The third kappa shape index (κ3) is 5.23. The van der Waals surface area contributed by atoms with Crippen LogP contribution in [0.1, 0.15) is 44.9 Å². The van der Waals surface area contributed by atoms with E-state index < -0.39 is 24.9 Å². The fourth-order valence-corrected chi connectivity index (χ4v) is 3.41. The highest BCUT2D eigenvalue weighted by atomic mass is 19.4. The molecule has 1 amide bonds. The van der Waals surface area contributed by atoms with E-state index in [1.165, 1.54) is 0 Å². The first kappa shape index (κ1) is 18.8. The molecule has 2 unspecified atom stereocenters. The Morgan fingerprint density at radius 1 is 1.17 bits per heavy atom. The minimum Gasteiger partial charge on any atom is -0.315 e. The number of nitrogens with zero attached hydrogens (tertiary/aromatic N) is 1. The number of rotatable bonds is 5. The van der Waals surface area contributed by atoms with E-state index in [2.05, 4.69) is 5.32 Å². The Bertz CT molecular complexity index is 519. The van der Waals surface area contributed by atoms with Crippen LogP contribution >= 0.6 is 0 Å². The van der Waals surface area contributed by atoms with Crippen LogP contribution in [0.3, 0.4) is 0 Å². The fourth-order valence-electron chi connectivity index (χ4n) is 3.41. The number of alkyl halides is 3. The van der Waals surface area contributed by atoms with E-state index in [0.717, 1.165) is 32.1 Å². The molecule has 134 valence electrons. The first-order chi connectivity index (χ1) is 11.4. The summed E-state index contributed by atoms with van der Waals surface area (Å²) in [4.78, 5) is 14.3. The third-order valence-corrected chi connectivity index (χ3v) is 4.61. The molecule has 1 aliphatic rings. The highest BCUT2D eigenvalue weighted by molar-refractivity contribution is 5.94. The molecule has 0 radical (unpaired) electrons. The number of benzene rings is 1. The van der Waals surface area contributed by atoms with Gasteiger partial charge in [0.1, 0.15) is 0 Å². The van der Waals surface area contributed by atoms with Gasteiger partial charge >= 0.3 is 6.18 Å². The van der Waals surface area contributed by atoms with Gasteiger partial charge in [-0.2, -0.15) is 13.2 Å². The Balaban J connectivity index is 2.26. The van der Waals surface area contributed by atoms with Crippen LogP contribution < -0.4 is 10.2 Å². The second-order valence-corrected chi connectivity index (χ2v) is 6.31. The molecule has 1 aromatic carbocycles. The molecule has 1 fully saturated rings. The molecule has 0 saturated heterocycles. The van der Waals surface area contributed by atoms with E-state index in [1.807, 2.05) is 25.2 Å². The van der Waals surface area contributed by atoms with Crippen LogP contribution in [0, 0.1) is 0 Å². The Hall–Kier alpha value is -1.56. The van der Waals surface area contributed by atoms with Gasteiger partial charge in [-0.25, -0.2) is 0 Å². The lowest BCUT2D eigenvalue weighted by molar-refractivity contribution is -0.143. The maximum atomic E-state index is 12.7. The summed E-state index contributed by atoms with van der Waals surface area (Å²) in [5, 5.41) is 3.26. The van der Waals surface area contributed by atoms with Crippen molar-refractivity contribution in [2.24, 2.45) is 0 Å². The second kappa shape index (κ2) is 8.51. The van der Waals surface area contributed by atoms with Gasteiger partial charge in [-0.1, -0.05) is 37.5 Å². The summed E-state index contributed by atoms with van der Waals surface area (Å²) >= 11 is 0. The third-order valence-electron chi connectivity index (χ3n) is 4.61. The normalized spacial score (nSPS) is 22.0. The van der Waals surface area contributed by atoms with Crippen molar-refractivity contribution in [1.82, 2.24) is 5.32 Å². The minimum atomic E-state index is -4.32. The number of likely N-dealkylation sites (N-methyl/N-ethyl adjacent to an activating group) is 1. The van der Waals surface area contributed by atoms with Crippen molar-refractivity contribution >= 4 is 11.6 Å². The Labute approximate surface area is 141 Å². The molecule has 3 nitrogen and oxygen atoms in total. The molecule has 0 spiro atoms. The average Bonchev–Trinajstić information content (AvgIpc) is 2.79. The van der Waals surface area contributed by atoms with Crippen molar-refractivity contribution in [3.8, 4) is 0 Å². The summed E-state index contributed by atoms with van der Waals surface area (Å²) in [6.07, 6.45) is -1.02. The maximum Gasteiger partial charge on any atom is 0.389 e. The summed E-state index contributed by atoms with van der Waals surface area (Å²) in [6, 6.07) is 9.04. The predicted octanol–water partition coefficient (Wildman–Crippen LogP) is 4.28. The number of para-hydroxylation sites is 1. The van der Waals surface area contributed by atoms with Crippen LogP contribution in [0.4, 0.5) is 18.9 Å². The number of hydrogen-bond donors (Lipinski definition) is 1. The summed E-state index contributed by atoms with van der Waals surface area (Å²) in [5.41, 5.74) is 0.678. The number of carbonyl (C=O) groups excluding carboxylic acids is 1. The van der Waals surface area contributed by atoms with Gasteiger partial charge in [-0.3, -0.25) is 4.79 Å². The molecule has 0 aliphatic heterocycles. The zero-order valence-corrected chi connectivity index (χ0v) is 14.0. The van der Waals surface area contributed by atoms with Crippen LogP contribution in [-0.2, 0) is 4.79 Å². The van der Waals surface area contributed by atoms with E-state index in [1.54, 1.807) is 17.0 Å². The Kier molecular flexibility index (Phi) is 6.66. The molecule has 0 bridgehead atoms. The van der Waals surface area contributed by atoms with E-state index in [4.69, 9.17) is 0 Å². The number of hydrogen-bond acceptors (Lipinski definition) is 2. The van der Waals surface area contributed by atoms with Gasteiger partial charge < -0.3 is 10.2 Å². The topological polar surface area (TPSA) is 32.3 Å². The van der Waals surface area contributed by atoms with E-state index in [0.29, 0.717) is 5.69 Å². The number of nitrogens with one attached hydrogen (secondary N) is 1. The van der Waals surface area contributed by atoms with Crippen LogP contribution in [-0.4, -0.2) is 31.2 Å². The molecule has 1 saturated carbocycles. The predicted molar refractivity (Wildman–Crippen MR) is 88.9 cm³/mol. The van der Waals surface area contributed by atoms with Gasteiger partial charge in [0.15, 0.2) is 0 Å². The van der Waals surface area contributed by atoms with Crippen molar-refractivity contribution in [2.45, 2.75) is 63.2 Å².